The molecule has 2 heterocycles. The van der Waals surface area contributed by atoms with Crippen LogP contribution in [0.1, 0.15) is 28.8 Å². The first-order valence-electron chi connectivity index (χ1n) is 8.33. The van der Waals surface area contributed by atoms with Gasteiger partial charge in [-0.1, -0.05) is 24.3 Å². The fraction of sp³-hybridized carbons (Fsp3) is 0.421. The van der Waals surface area contributed by atoms with Gasteiger partial charge in [0, 0.05) is 17.1 Å². The van der Waals surface area contributed by atoms with Crippen molar-refractivity contribution in [1.29, 1.82) is 0 Å². The number of para-hydroxylation sites is 1. The molecule has 1 aliphatic carbocycles. The molecule has 3 nitrogen and oxygen atoms in total. The van der Waals surface area contributed by atoms with Crippen LogP contribution in [0.4, 0.5) is 5.69 Å². The van der Waals surface area contributed by atoms with Crippen molar-refractivity contribution >= 4 is 22.9 Å². The highest BCUT2D eigenvalue weighted by Gasteiger charge is 2.62. The van der Waals surface area contributed by atoms with Crippen molar-refractivity contribution in [2.24, 2.45) is 11.7 Å². The van der Waals surface area contributed by atoms with E-state index in [1.54, 1.807) is 11.3 Å². The van der Waals surface area contributed by atoms with Gasteiger partial charge >= 0.3 is 0 Å². The minimum Gasteiger partial charge on any atom is -0.330 e. The van der Waals surface area contributed by atoms with E-state index >= 15 is 0 Å². The van der Waals surface area contributed by atoms with E-state index in [-0.39, 0.29) is 17.2 Å². The zero-order chi connectivity index (χ0) is 16.0. The van der Waals surface area contributed by atoms with E-state index in [2.05, 4.69) is 36.6 Å². The summed E-state index contributed by atoms with van der Waals surface area (Å²) in [5.41, 5.74) is 9.20. The summed E-state index contributed by atoms with van der Waals surface area (Å²) in [4.78, 5) is 16.8. The van der Waals surface area contributed by atoms with Crippen LogP contribution in [0.3, 0.4) is 0 Å². The molecule has 1 saturated carbocycles. The van der Waals surface area contributed by atoms with Gasteiger partial charge in [-0.3, -0.25) is 4.79 Å². The third kappa shape index (κ3) is 2.16. The lowest BCUT2D eigenvalue weighted by Gasteiger charge is -2.34. The number of amides is 1. The second kappa shape index (κ2) is 5.46. The normalized spacial score (nSPS) is 26.0. The molecule has 0 radical (unpaired) electrons. The Balaban J connectivity index is 1.76. The van der Waals surface area contributed by atoms with Gasteiger partial charge in [0.2, 0.25) is 5.91 Å². The fourth-order valence-electron chi connectivity index (χ4n) is 4.11. The first-order chi connectivity index (χ1) is 11.2. The third-order valence-electron chi connectivity index (χ3n) is 5.40. The van der Waals surface area contributed by atoms with Crippen molar-refractivity contribution in [2.45, 2.75) is 31.6 Å². The number of anilines is 1. The van der Waals surface area contributed by atoms with Gasteiger partial charge in [0.25, 0.3) is 0 Å². The Labute approximate surface area is 141 Å². The van der Waals surface area contributed by atoms with Crippen LogP contribution < -0.4 is 10.6 Å². The Kier molecular flexibility index (Phi) is 3.54. The molecule has 1 aromatic heterocycles. The molecule has 2 aliphatic rings. The molecule has 4 heteroatoms. The van der Waals surface area contributed by atoms with E-state index in [9.17, 15) is 4.79 Å². The lowest BCUT2D eigenvalue weighted by molar-refractivity contribution is -0.121. The molecule has 0 unspecified atom stereocenters. The molecule has 120 valence electrons. The summed E-state index contributed by atoms with van der Waals surface area (Å²) in [5.74, 6) is 0.536. The van der Waals surface area contributed by atoms with E-state index in [1.807, 2.05) is 11.0 Å². The predicted octanol–water partition coefficient (Wildman–Crippen LogP) is 3.25. The van der Waals surface area contributed by atoms with Crippen LogP contribution in [-0.2, 0) is 16.6 Å². The van der Waals surface area contributed by atoms with Crippen LogP contribution in [0.15, 0.2) is 35.7 Å². The number of benzene rings is 1. The third-order valence-corrected chi connectivity index (χ3v) is 6.44. The predicted molar refractivity (Wildman–Crippen MR) is 95.0 cm³/mol. The molecule has 23 heavy (non-hydrogen) atoms. The number of rotatable bonds is 3. The zero-order valence-electron chi connectivity index (χ0n) is 13.4. The number of nitrogens with two attached hydrogens (primary N) is 1. The van der Waals surface area contributed by atoms with Crippen LogP contribution >= 0.6 is 11.3 Å². The van der Waals surface area contributed by atoms with Crippen molar-refractivity contribution in [3.8, 4) is 0 Å². The summed E-state index contributed by atoms with van der Waals surface area (Å²) in [6.45, 7) is 3.51. The first-order valence-corrected chi connectivity index (χ1v) is 9.21. The van der Waals surface area contributed by atoms with E-state index in [0.29, 0.717) is 6.54 Å². The fourth-order valence-corrected chi connectivity index (χ4v) is 5.12. The molecule has 1 amide bonds. The van der Waals surface area contributed by atoms with Gasteiger partial charge < -0.3 is 10.6 Å². The van der Waals surface area contributed by atoms with Crippen LogP contribution in [0.5, 0.6) is 0 Å². The average Bonchev–Trinajstić information content (AvgIpc) is 3.06. The van der Waals surface area contributed by atoms with Crippen LogP contribution in [0.2, 0.25) is 0 Å². The summed E-state index contributed by atoms with van der Waals surface area (Å²) < 4.78 is 0. The van der Waals surface area contributed by atoms with Crippen molar-refractivity contribution in [1.82, 2.24) is 0 Å². The highest BCUT2D eigenvalue weighted by molar-refractivity contribution is 7.10. The van der Waals surface area contributed by atoms with Gasteiger partial charge in [0.15, 0.2) is 0 Å². The maximum Gasteiger partial charge on any atom is 0.238 e. The molecular weight excluding hydrogens is 304 g/mol. The number of thiophene rings is 1. The Bertz CT molecular complexity index is 740. The Hall–Kier alpha value is -1.65. The van der Waals surface area contributed by atoms with Crippen molar-refractivity contribution < 1.29 is 4.79 Å². The van der Waals surface area contributed by atoms with E-state index in [1.165, 1.54) is 16.0 Å². The van der Waals surface area contributed by atoms with Gasteiger partial charge in [0.1, 0.15) is 0 Å². The minimum absolute atomic E-state index is 0.255. The summed E-state index contributed by atoms with van der Waals surface area (Å²) in [5, 5.41) is 2.06. The average molecular weight is 326 g/mol. The molecular formula is C19H22N2OS. The largest absolute Gasteiger partial charge is 0.330 e. The summed E-state index contributed by atoms with van der Waals surface area (Å²) in [7, 11) is 0. The molecule has 0 saturated heterocycles. The topological polar surface area (TPSA) is 46.3 Å². The summed E-state index contributed by atoms with van der Waals surface area (Å²) >= 11 is 1.69. The first kappa shape index (κ1) is 14.9. The van der Waals surface area contributed by atoms with Gasteiger partial charge in [-0.2, -0.15) is 0 Å². The molecule has 0 spiro atoms. The van der Waals surface area contributed by atoms with Crippen LogP contribution in [0.25, 0.3) is 0 Å². The van der Waals surface area contributed by atoms with E-state index in [4.69, 9.17) is 5.73 Å². The summed E-state index contributed by atoms with van der Waals surface area (Å²) in [6, 6.07) is 10.5. The van der Waals surface area contributed by atoms with Gasteiger partial charge in [-0.15, -0.1) is 11.3 Å². The quantitative estimate of drug-likeness (QED) is 0.941. The molecule has 4 rings (SSSR count). The molecule has 0 bridgehead atoms. The smallest absolute Gasteiger partial charge is 0.238 e. The number of carbonyl (C=O) groups excluding carboxylic acids is 1. The second-order valence-electron chi connectivity index (χ2n) is 6.73. The lowest BCUT2D eigenvalue weighted by atomic mass is 9.93. The number of carbonyl (C=O) groups is 1. The molecule has 1 aliphatic heterocycles. The van der Waals surface area contributed by atoms with Crippen molar-refractivity contribution in [3.63, 3.8) is 0 Å². The maximum absolute atomic E-state index is 13.5. The monoisotopic (exact) mass is 326 g/mol. The number of hydrogen-bond acceptors (Lipinski definition) is 3. The second-order valence-corrected chi connectivity index (χ2v) is 7.68. The van der Waals surface area contributed by atoms with Crippen molar-refractivity contribution in [3.05, 3.63) is 51.7 Å². The SMILES string of the molecule is Cc1cccc2c1N(C(=O)[C@@]1(c3cccs3)C[C@H]1CN)CCC2. The van der Waals surface area contributed by atoms with Gasteiger partial charge in [-0.25, -0.2) is 0 Å². The highest BCUT2D eigenvalue weighted by Crippen LogP contribution is 2.57. The number of hydrogen-bond donors (Lipinski definition) is 1. The Morgan fingerprint density at radius 3 is 2.96 bits per heavy atom. The molecule has 2 atom stereocenters. The highest BCUT2D eigenvalue weighted by atomic mass is 32.1. The van der Waals surface area contributed by atoms with Gasteiger partial charge in [0.05, 0.1) is 5.41 Å². The lowest BCUT2D eigenvalue weighted by Crippen LogP contribution is -2.44. The van der Waals surface area contributed by atoms with Gasteiger partial charge in [-0.05, 0) is 61.2 Å². The standard InChI is InChI=1S/C19H22N2OS/c1-13-5-2-6-14-7-3-9-21(17(13)14)18(22)19(11-15(19)12-20)16-8-4-10-23-16/h2,4-6,8,10,15H,3,7,9,11-12,20H2,1H3/t15-,19-/m0/s1. The van der Waals surface area contributed by atoms with E-state index in [0.717, 1.165) is 31.5 Å². The number of aryl methyl sites for hydroxylation is 2. The van der Waals surface area contributed by atoms with Crippen LogP contribution in [-0.4, -0.2) is 19.0 Å². The molecule has 2 aromatic rings. The Morgan fingerprint density at radius 1 is 1.39 bits per heavy atom. The molecule has 1 aromatic carbocycles. The molecule has 2 N–H and O–H groups in total. The Morgan fingerprint density at radius 2 is 2.26 bits per heavy atom. The zero-order valence-corrected chi connectivity index (χ0v) is 14.2. The number of fused-ring (bicyclic) bond motifs is 1. The molecule has 1 fully saturated rings. The number of nitrogens with zero attached hydrogens (tertiary/aromatic N) is 1. The summed E-state index contributed by atoms with van der Waals surface area (Å²) in [6.07, 6.45) is 2.99. The van der Waals surface area contributed by atoms with Crippen molar-refractivity contribution in [2.75, 3.05) is 18.0 Å². The minimum atomic E-state index is -0.375. The van der Waals surface area contributed by atoms with Crippen LogP contribution in [0, 0.1) is 12.8 Å². The maximum atomic E-state index is 13.5. The van der Waals surface area contributed by atoms with E-state index < -0.39 is 0 Å².